The first-order chi connectivity index (χ1) is 10.3. The van der Waals surface area contributed by atoms with Crippen molar-refractivity contribution >= 4 is 21.8 Å². The Morgan fingerprint density at radius 2 is 2.09 bits per heavy atom. The summed E-state index contributed by atoms with van der Waals surface area (Å²) in [6.07, 6.45) is 2.00. The molecule has 0 aromatic carbocycles. The van der Waals surface area contributed by atoms with Crippen LogP contribution < -0.4 is 9.80 Å². The normalized spacial score (nSPS) is 18.2. The van der Waals surface area contributed by atoms with Crippen LogP contribution in [0.3, 0.4) is 0 Å². The second kappa shape index (κ2) is 6.58. The quantitative estimate of drug-likeness (QED) is 0.618. The molecule has 0 N–H and O–H groups in total. The van der Waals surface area contributed by atoms with Crippen LogP contribution in [-0.4, -0.2) is 69.6 Å². The van der Waals surface area contributed by atoms with Gasteiger partial charge in [0.25, 0.3) is 6.20 Å². The van der Waals surface area contributed by atoms with Crippen LogP contribution in [0.1, 0.15) is 6.92 Å². The molecule has 10 nitrogen and oxygen atoms in total. The van der Waals surface area contributed by atoms with Gasteiger partial charge in [-0.1, -0.05) is 0 Å². The van der Waals surface area contributed by atoms with Gasteiger partial charge in [0.2, 0.25) is 15.3 Å². The molecule has 124 valence electrons. The predicted molar refractivity (Wildman–Crippen MR) is 75.6 cm³/mol. The second-order valence-electron chi connectivity index (χ2n) is 4.90. The van der Waals surface area contributed by atoms with Gasteiger partial charge in [0.15, 0.2) is 0 Å². The van der Waals surface area contributed by atoms with E-state index in [0.717, 1.165) is 0 Å². The smallest absolute Gasteiger partial charge is 0.257 e. The fraction of sp³-hybridized carbons (Fsp3) is 0.727. The Bertz CT molecular complexity index is 623. The van der Waals surface area contributed by atoms with E-state index in [1.807, 2.05) is 0 Å². The maximum atomic E-state index is 11.6. The first kappa shape index (κ1) is 16.6. The zero-order chi connectivity index (χ0) is 16.3. The van der Waals surface area contributed by atoms with Crippen LogP contribution in [0.2, 0.25) is 0 Å². The summed E-state index contributed by atoms with van der Waals surface area (Å²) in [6, 6.07) is 0. The van der Waals surface area contributed by atoms with Gasteiger partial charge < -0.3 is 19.4 Å². The first-order valence-corrected chi connectivity index (χ1v) is 8.53. The molecule has 1 aliphatic rings. The molecule has 22 heavy (non-hydrogen) atoms. The monoisotopic (exact) mass is 333 g/mol. The molecule has 2 rings (SSSR count). The number of carbonyl (C=O) groups is 1. The van der Waals surface area contributed by atoms with Crippen molar-refractivity contribution in [3.05, 3.63) is 11.5 Å². The second-order valence-corrected chi connectivity index (χ2v) is 6.89. The Labute approximate surface area is 128 Å². The number of aromatic nitrogens is 2. The minimum Gasteiger partial charge on any atom is -0.586 e. The number of rotatable bonds is 5. The van der Waals surface area contributed by atoms with E-state index in [1.54, 1.807) is 11.9 Å². The Morgan fingerprint density at radius 3 is 2.64 bits per heavy atom. The fourth-order valence-electron chi connectivity index (χ4n) is 1.93. The summed E-state index contributed by atoms with van der Waals surface area (Å²) >= 11 is 0. The van der Waals surface area contributed by atoms with Crippen LogP contribution in [0.4, 0.5) is 5.88 Å². The van der Waals surface area contributed by atoms with E-state index in [-0.39, 0.29) is 5.88 Å². The molecule has 1 saturated heterocycles. The zero-order valence-corrected chi connectivity index (χ0v) is 13.5. The molecule has 0 spiro atoms. The first-order valence-electron chi connectivity index (χ1n) is 6.68. The van der Waals surface area contributed by atoms with Crippen LogP contribution >= 0.6 is 0 Å². The predicted octanol–water partition coefficient (Wildman–Crippen LogP) is -1.26. The molecule has 1 fully saturated rings. The van der Waals surface area contributed by atoms with E-state index >= 15 is 0 Å². The van der Waals surface area contributed by atoms with Crippen LogP contribution in [0.5, 0.6) is 0 Å². The maximum Gasteiger partial charge on any atom is 0.257 e. The van der Waals surface area contributed by atoms with E-state index < -0.39 is 22.0 Å². The van der Waals surface area contributed by atoms with Gasteiger partial charge in [-0.05, 0) is 6.92 Å². The lowest BCUT2D eigenvalue weighted by Gasteiger charge is -2.28. The molecular weight excluding hydrogens is 314 g/mol. The van der Waals surface area contributed by atoms with Gasteiger partial charge in [-0.2, -0.15) is 9.31 Å². The third-order valence-corrected chi connectivity index (χ3v) is 4.64. The van der Waals surface area contributed by atoms with Crippen molar-refractivity contribution in [2.24, 2.45) is 0 Å². The minimum atomic E-state index is -3.18. The molecule has 1 unspecified atom stereocenters. The average molecular weight is 333 g/mol. The lowest BCUT2D eigenvalue weighted by molar-refractivity contribution is -0.759. The molecule has 0 radical (unpaired) electrons. The summed E-state index contributed by atoms with van der Waals surface area (Å²) in [7, 11) is -1.76. The molecule has 0 saturated carbocycles. The topological polar surface area (TPSA) is 111 Å². The summed E-state index contributed by atoms with van der Waals surface area (Å²) in [6.45, 7) is 3.24. The number of piperazine rings is 1. The third kappa shape index (κ3) is 3.93. The van der Waals surface area contributed by atoms with Crippen molar-refractivity contribution in [1.82, 2.24) is 9.58 Å². The van der Waals surface area contributed by atoms with Crippen LogP contribution in [0.25, 0.3) is 5.32 Å². The van der Waals surface area contributed by atoms with Gasteiger partial charge >= 0.3 is 0 Å². The molecular formula is C11H19N5O5S. The number of nitrogens with zero attached hydrogens (tertiary/aromatic N) is 5. The van der Waals surface area contributed by atoms with Crippen LogP contribution in [-0.2, 0) is 19.6 Å². The summed E-state index contributed by atoms with van der Waals surface area (Å²) < 4.78 is 34.1. The number of hydrogen-bond donors (Lipinski definition) is 0. The van der Waals surface area contributed by atoms with Crippen molar-refractivity contribution in [3.63, 3.8) is 0 Å². The molecule has 1 aromatic heterocycles. The van der Waals surface area contributed by atoms with E-state index in [9.17, 15) is 13.2 Å². The van der Waals surface area contributed by atoms with Crippen LogP contribution in [0.15, 0.2) is 10.7 Å². The van der Waals surface area contributed by atoms with Crippen LogP contribution in [0, 0.1) is 0 Å². The Balaban J connectivity index is 1.94. The molecule has 1 aliphatic heterocycles. The lowest BCUT2D eigenvalue weighted by atomic mass is 10.4. The van der Waals surface area contributed by atoms with Crippen molar-refractivity contribution in [3.8, 4) is 0 Å². The highest BCUT2D eigenvalue weighted by molar-refractivity contribution is 7.88. The Hall–Kier alpha value is -1.72. The molecule has 1 amide bonds. The largest absolute Gasteiger partial charge is 0.586 e. The number of hydrogen-bond acceptors (Lipinski definition) is 7. The highest BCUT2D eigenvalue weighted by Crippen LogP contribution is 2.16. The summed E-state index contributed by atoms with van der Waals surface area (Å²) in [5.74, 6) is -0.396. The number of methoxy groups -OCH3 is 1. The molecule has 2 heterocycles. The molecule has 1 atom stereocenters. The van der Waals surface area contributed by atoms with Gasteiger partial charge in [-0.3, -0.25) is 0 Å². The highest BCUT2D eigenvalue weighted by atomic mass is 32.2. The highest BCUT2D eigenvalue weighted by Gasteiger charge is 2.28. The average Bonchev–Trinajstić information content (AvgIpc) is 2.94. The van der Waals surface area contributed by atoms with E-state index in [1.165, 1.54) is 28.7 Å². The van der Waals surface area contributed by atoms with Gasteiger partial charge in [0, 0.05) is 20.2 Å². The Morgan fingerprint density at radius 1 is 1.45 bits per heavy atom. The molecule has 0 aliphatic carbocycles. The summed E-state index contributed by atoms with van der Waals surface area (Å²) in [4.78, 5) is 13.0. The summed E-state index contributed by atoms with van der Waals surface area (Å²) in [5.41, 5.74) is 0. The van der Waals surface area contributed by atoms with E-state index in [2.05, 4.69) is 10.6 Å². The van der Waals surface area contributed by atoms with Crippen molar-refractivity contribution in [2.45, 2.75) is 13.0 Å². The number of sulfonamides is 1. The van der Waals surface area contributed by atoms with Gasteiger partial charge in [-0.25, -0.2) is 8.42 Å². The van der Waals surface area contributed by atoms with Gasteiger partial charge in [-0.15, -0.1) is 0 Å². The number of ether oxygens (including phenoxy) is 1. The van der Waals surface area contributed by atoms with Crippen molar-refractivity contribution in [1.29, 1.82) is 0 Å². The third-order valence-electron chi connectivity index (χ3n) is 3.34. The lowest BCUT2D eigenvalue weighted by Crippen LogP contribution is -2.65. The maximum absolute atomic E-state index is 11.6. The van der Waals surface area contributed by atoms with Crippen molar-refractivity contribution in [2.75, 3.05) is 44.6 Å². The van der Waals surface area contributed by atoms with Gasteiger partial charge in [0.1, 0.15) is 5.88 Å². The van der Waals surface area contributed by atoms with Gasteiger partial charge in [0.05, 0.1) is 36.1 Å². The number of amides is 1. The zero-order valence-electron chi connectivity index (χ0n) is 12.7. The molecule has 0 bridgehead atoms. The number of carbonyl (C=O) groups excluding carboxylic acids is 1. The Kier molecular flexibility index (Phi) is 4.98. The summed E-state index contributed by atoms with van der Waals surface area (Å²) in [5, 5.41) is 9.33. The van der Waals surface area contributed by atoms with Crippen molar-refractivity contribution < 1.29 is 27.3 Å². The minimum absolute atomic E-state index is 0.0689. The standard InChI is InChI=1S/C11H19N5O5S/c1-9(20-2)11(17)12-10-8-16(13-21-10)14-4-6-15(7-5-14)22(3,18)19/h8-9H,4-7H2,1-3H3. The molecule has 1 aromatic rings. The fourth-order valence-corrected chi connectivity index (χ4v) is 2.75. The van der Waals surface area contributed by atoms with E-state index in [4.69, 9.17) is 9.26 Å². The SMILES string of the molecule is COC(C)C(=O)[N-]c1c[n+](N2CCN(S(C)(=O)=O)CC2)no1. The molecule has 11 heteroatoms. The van der Waals surface area contributed by atoms with E-state index in [0.29, 0.717) is 26.2 Å².